The van der Waals surface area contributed by atoms with Crippen LogP contribution in [0.2, 0.25) is 0 Å². The van der Waals surface area contributed by atoms with Crippen LogP contribution in [0.15, 0.2) is 18.2 Å². The maximum absolute atomic E-state index is 12.9. The predicted molar refractivity (Wildman–Crippen MR) is 57.5 cm³/mol. The van der Waals surface area contributed by atoms with Crippen LogP contribution in [0.3, 0.4) is 0 Å². The summed E-state index contributed by atoms with van der Waals surface area (Å²) in [4.78, 5) is 0. The highest BCUT2D eigenvalue weighted by molar-refractivity contribution is 7.80. The second kappa shape index (κ2) is 5.34. The maximum Gasteiger partial charge on any atom is 0.165 e. The lowest BCUT2D eigenvalue weighted by Gasteiger charge is -2.18. The largest absolute Gasteiger partial charge is 0.505 e. The molecule has 2 atom stereocenters. The second-order valence-corrected chi connectivity index (χ2v) is 3.65. The second-order valence-electron chi connectivity index (χ2n) is 3.20. The van der Waals surface area contributed by atoms with Crippen molar-refractivity contribution < 1.29 is 19.7 Å². The van der Waals surface area contributed by atoms with Crippen molar-refractivity contribution >= 4 is 12.6 Å². The lowest BCUT2D eigenvalue weighted by Crippen LogP contribution is -2.18. The summed E-state index contributed by atoms with van der Waals surface area (Å²) >= 11 is 3.91. The van der Waals surface area contributed by atoms with E-state index in [0.29, 0.717) is 5.75 Å². The number of phenolic OH excluding ortho intramolecular Hbond substituents is 1. The van der Waals surface area contributed by atoms with Crippen LogP contribution in [0.5, 0.6) is 5.75 Å². The number of thiol groups is 1. The Morgan fingerprint density at radius 3 is 2.60 bits per heavy atom. The van der Waals surface area contributed by atoms with Gasteiger partial charge in [-0.25, -0.2) is 4.39 Å². The summed E-state index contributed by atoms with van der Waals surface area (Å²) < 4.78 is 12.9. The molecule has 0 spiro atoms. The summed E-state index contributed by atoms with van der Waals surface area (Å²) in [6, 6.07) is 3.81. The summed E-state index contributed by atoms with van der Waals surface area (Å²) in [5, 5.41) is 28.4. The van der Waals surface area contributed by atoms with Gasteiger partial charge in [0.15, 0.2) is 11.6 Å². The predicted octanol–water partition coefficient (Wildman–Crippen LogP) is 1.25. The van der Waals surface area contributed by atoms with Crippen LogP contribution in [0, 0.1) is 5.82 Å². The number of aliphatic hydroxyl groups is 2. The van der Waals surface area contributed by atoms with Crippen molar-refractivity contribution in [3.05, 3.63) is 29.6 Å². The van der Waals surface area contributed by atoms with Gasteiger partial charge >= 0.3 is 0 Å². The van der Waals surface area contributed by atoms with Gasteiger partial charge in [0.25, 0.3) is 0 Å². The zero-order valence-electron chi connectivity index (χ0n) is 7.97. The van der Waals surface area contributed by atoms with E-state index in [2.05, 4.69) is 12.6 Å². The first-order chi connectivity index (χ1) is 7.07. The van der Waals surface area contributed by atoms with Gasteiger partial charge in [-0.2, -0.15) is 12.6 Å². The summed E-state index contributed by atoms with van der Waals surface area (Å²) in [6.45, 7) is 0. The summed E-state index contributed by atoms with van der Waals surface area (Å²) in [5.41, 5.74) is -0.00992. The molecule has 1 rings (SSSR count). The van der Waals surface area contributed by atoms with Gasteiger partial charge in [-0.15, -0.1) is 0 Å². The first kappa shape index (κ1) is 12.3. The first-order valence-corrected chi connectivity index (χ1v) is 5.15. The number of hydrogen-bond donors (Lipinski definition) is 4. The van der Waals surface area contributed by atoms with E-state index >= 15 is 0 Å². The average Bonchev–Trinajstić information content (AvgIpc) is 2.21. The molecule has 0 heterocycles. The molecule has 0 aliphatic rings. The molecule has 0 saturated heterocycles. The molecule has 0 fully saturated rings. The van der Waals surface area contributed by atoms with E-state index in [9.17, 15) is 19.7 Å². The Labute approximate surface area is 92.6 Å². The third-order valence-corrected chi connectivity index (χ3v) is 2.38. The summed E-state index contributed by atoms with van der Waals surface area (Å²) in [7, 11) is 0. The topological polar surface area (TPSA) is 60.7 Å². The van der Waals surface area contributed by atoms with Crippen LogP contribution < -0.4 is 0 Å². The van der Waals surface area contributed by atoms with Crippen molar-refractivity contribution in [3.8, 4) is 5.75 Å². The molecule has 84 valence electrons. The molecule has 1 aromatic rings. The molecule has 1 aromatic carbocycles. The summed E-state index contributed by atoms with van der Waals surface area (Å²) in [5.74, 6) is -1.04. The molecule has 0 aliphatic carbocycles. The minimum atomic E-state index is -1.30. The Morgan fingerprint density at radius 2 is 2.00 bits per heavy atom. The van der Waals surface area contributed by atoms with Gasteiger partial charge in [0, 0.05) is 5.56 Å². The Bertz CT molecular complexity index is 332. The fourth-order valence-electron chi connectivity index (χ4n) is 1.27. The van der Waals surface area contributed by atoms with E-state index in [0.717, 1.165) is 6.07 Å². The molecule has 5 heteroatoms. The average molecular weight is 232 g/mol. The van der Waals surface area contributed by atoms with Crippen LogP contribution in [0.4, 0.5) is 4.39 Å². The maximum atomic E-state index is 12.9. The lowest BCUT2D eigenvalue weighted by molar-refractivity contribution is 0.0156. The van der Waals surface area contributed by atoms with E-state index in [-0.39, 0.29) is 12.0 Å². The normalized spacial score (nSPS) is 14.9. The molecular formula is C10H13FO3S. The van der Waals surface area contributed by atoms with Gasteiger partial charge in [-0.3, -0.25) is 0 Å². The van der Waals surface area contributed by atoms with Crippen LogP contribution in [0.25, 0.3) is 0 Å². The van der Waals surface area contributed by atoms with Crippen LogP contribution in [-0.4, -0.2) is 27.2 Å². The molecular weight excluding hydrogens is 219 g/mol. The zero-order chi connectivity index (χ0) is 11.4. The van der Waals surface area contributed by atoms with Gasteiger partial charge < -0.3 is 15.3 Å². The number of benzene rings is 1. The van der Waals surface area contributed by atoms with E-state index in [1.54, 1.807) is 0 Å². The number of hydrogen-bond acceptors (Lipinski definition) is 4. The van der Waals surface area contributed by atoms with Crippen LogP contribution in [-0.2, 0) is 0 Å². The van der Waals surface area contributed by atoms with Gasteiger partial charge in [-0.1, -0.05) is 12.1 Å². The number of aliphatic hydroxyl groups excluding tert-OH is 2. The third kappa shape index (κ3) is 2.84. The Hall–Kier alpha value is -0.780. The van der Waals surface area contributed by atoms with E-state index in [1.807, 2.05) is 0 Å². The van der Waals surface area contributed by atoms with E-state index < -0.39 is 23.8 Å². The number of para-hydroxylation sites is 1. The highest BCUT2D eigenvalue weighted by Gasteiger charge is 2.21. The quantitative estimate of drug-likeness (QED) is 0.591. The molecule has 0 radical (unpaired) electrons. The minimum Gasteiger partial charge on any atom is -0.505 e. The number of rotatable bonds is 4. The molecule has 15 heavy (non-hydrogen) atoms. The Balaban J connectivity index is 2.90. The molecule has 0 aromatic heterocycles. The van der Waals surface area contributed by atoms with Gasteiger partial charge in [-0.05, 0) is 18.2 Å². The van der Waals surface area contributed by atoms with Crippen molar-refractivity contribution in [2.75, 3.05) is 5.75 Å². The first-order valence-electron chi connectivity index (χ1n) is 4.52. The molecule has 3 N–H and O–H groups in total. The van der Waals surface area contributed by atoms with Crippen molar-refractivity contribution in [2.45, 2.75) is 18.6 Å². The molecule has 0 bridgehead atoms. The lowest BCUT2D eigenvalue weighted by atomic mass is 10.0. The summed E-state index contributed by atoms with van der Waals surface area (Å²) in [6.07, 6.45) is -2.09. The van der Waals surface area contributed by atoms with Crippen molar-refractivity contribution in [1.29, 1.82) is 0 Å². The minimum absolute atomic E-state index is 0.00992. The van der Waals surface area contributed by atoms with Crippen molar-refractivity contribution in [2.24, 2.45) is 0 Å². The van der Waals surface area contributed by atoms with Crippen LogP contribution >= 0.6 is 12.6 Å². The van der Waals surface area contributed by atoms with Crippen molar-refractivity contribution in [1.82, 2.24) is 0 Å². The zero-order valence-corrected chi connectivity index (χ0v) is 8.86. The third-order valence-electron chi connectivity index (χ3n) is 2.13. The molecule has 0 aliphatic heterocycles. The Morgan fingerprint density at radius 1 is 1.33 bits per heavy atom. The fourth-order valence-corrected chi connectivity index (χ4v) is 1.53. The van der Waals surface area contributed by atoms with E-state index in [1.165, 1.54) is 12.1 Å². The molecule has 0 amide bonds. The standard InChI is InChI=1S/C10H13FO3S/c11-7-3-1-2-6(9(7)13)10(14)8(12)4-5-15/h1-3,8,10,12-15H,4-5H2. The van der Waals surface area contributed by atoms with Crippen LogP contribution in [0.1, 0.15) is 18.1 Å². The Kier molecular flexibility index (Phi) is 4.38. The van der Waals surface area contributed by atoms with Gasteiger partial charge in [0.1, 0.15) is 6.10 Å². The van der Waals surface area contributed by atoms with E-state index in [4.69, 9.17) is 0 Å². The molecule has 0 saturated carbocycles. The van der Waals surface area contributed by atoms with Crippen molar-refractivity contribution in [3.63, 3.8) is 0 Å². The number of phenols is 1. The number of aromatic hydroxyl groups is 1. The van der Waals surface area contributed by atoms with Gasteiger partial charge in [0.2, 0.25) is 0 Å². The monoisotopic (exact) mass is 232 g/mol. The molecule has 3 nitrogen and oxygen atoms in total. The number of halogens is 1. The van der Waals surface area contributed by atoms with Gasteiger partial charge in [0.05, 0.1) is 6.10 Å². The highest BCUT2D eigenvalue weighted by Crippen LogP contribution is 2.29. The SMILES string of the molecule is Oc1c(F)cccc1C(O)C(O)CCS. The smallest absolute Gasteiger partial charge is 0.165 e. The highest BCUT2D eigenvalue weighted by atomic mass is 32.1. The fraction of sp³-hybridized carbons (Fsp3) is 0.400. The molecule has 2 unspecified atom stereocenters.